The van der Waals surface area contributed by atoms with Gasteiger partial charge in [-0.15, -0.1) is 6.58 Å². The van der Waals surface area contributed by atoms with Crippen molar-refractivity contribution in [1.29, 1.82) is 0 Å². The molecule has 3 aromatic rings. The Bertz CT molecular complexity index is 1180. The Labute approximate surface area is 170 Å². The summed E-state index contributed by atoms with van der Waals surface area (Å²) >= 11 is 1.36. The van der Waals surface area contributed by atoms with Crippen LogP contribution in [0.1, 0.15) is 6.92 Å². The predicted octanol–water partition coefficient (Wildman–Crippen LogP) is 3.11. The lowest BCUT2D eigenvalue weighted by molar-refractivity contribution is -0.127. The molecule has 0 saturated carbocycles. The first-order valence-electron chi connectivity index (χ1n) is 9.04. The number of benzene rings is 2. The van der Waals surface area contributed by atoms with Crippen molar-refractivity contribution in [3.05, 3.63) is 59.9 Å². The SMILES string of the molecule is C=CCn1c(=NC(=O)C2COc3ccccc3O2)sc2cc(NC(C)=O)ccc21. The van der Waals surface area contributed by atoms with E-state index in [2.05, 4.69) is 16.9 Å². The van der Waals surface area contributed by atoms with Crippen LogP contribution >= 0.6 is 11.3 Å². The summed E-state index contributed by atoms with van der Waals surface area (Å²) in [5.41, 5.74) is 1.59. The van der Waals surface area contributed by atoms with E-state index in [4.69, 9.17) is 9.47 Å². The van der Waals surface area contributed by atoms with E-state index >= 15 is 0 Å². The molecule has 1 N–H and O–H groups in total. The maximum atomic E-state index is 12.8. The van der Waals surface area contributed by atoms with Crippen LogP contribution in [0, 0.1) is 0 Å². The van der Waals surface area contributed by atoms with Gasteiger partial charge in [-0.05, 0) is 30.3 Å². The molecule has 2 amide bonds. The van der Waals surface area contributed by atoms with Crippen molar-refractivity contribution in [1.82, 2.24) is 4.57 Å². The Morgan fingerprint density at radius 3 is 2.86 bits per heavy atom. The number of carbonyl (C=O) groups excluding carboxylic acids is 2. The van der Waals surface area contributed by atoms with Crippen molar-refractivity contribution in [3.8, 4) is 11.5 Å². The van der Waals surface area contributed by atoms with Crippen LogP contribution in [0.15, 0.2) is 60.1 Å². The first kappa shape index (κ1) is 18.9. The zero-order valence-corrected chi connectivity index (χ0v) is 16.6. The number of fused-ring (bicyclic) bond motifs is 2. The van der Waals surface area contributed by atoms with Gasteiger partial charge < -0.3 is 19.4 Å². The summed E-state index contributed by atoms with van der Waals surface area (Å²) in [6.07, 6.45) is 0.940. The fourth-order valence-electron chi connectivity index (χ4n) is 3.05. The average Bonchev–Trinajstić information content (AvgIpc) is 3.03. The van der Waals surface area contributed by atoms with E-state index in [1.807, 2.05) is 34.9 Å². The van der Waals surface area contributed by atoms with Gasteiger partial charge in [0.1, 0.15) is 6.61 Å². The van der Waals surface area contributed by atoms with E-state index in [1.54, 1.807) is 18.2 Å². The highest BCUT2D eigenvalue weighted by atomic mass is 32.1. The molecule has 1 aliphatic rings. The van der Waals surface area contributed by atoms with Gasteiger partial charge >= 0.3 is 0 Å². The van der Waals surface area contributed by atoms with Gasteiger partial charge in [-0.25, -0.2) is 0 Å². The van der Waals surface area contributed by atoms with Crippen LogP contribution in [0.25, 0.3) is 10.2 Å². The molecule has 1 aromatic heterocycles. The van der Waals surface area contributed by atoms with Gasteiger partial charge in [0.2, 0.25) is 12.0 Å². The lowest BCUT2D eigenvalue weighted by Gasteiger charge is -2.23. The van der Waals surface area contributed by atoms with E-state index < -0.39 is 12.0 Å². The fraction of sp³-hybridized carbons (Fsp3) is 0.190. The number of hydrogen-bond donors (Lipinski definition) is 1. The van der Waals surface area contributed by atoms with Crippen molar-refractivity contribution in [2.75, 3.05) is 11.9 Å². The number of ether oxygens (including phenoxy) is 2. The van der Waals surface area contributed by atoms with Gasteiger partial charge in [0.25, 0.3) is 5.91 Å². The van der Waals surface area contributed by atoms with E-state index in [9.17, 15) is 9.59 Å². The molecule has 1 atom stereocenters. The lowest BCUT2D eigenvalue weighted by atomic mass is 10.2. The standard InChI is InChI=1S/C21H19N3O4S/c1-3-10-24-15-9-8-14(22-13(2)25)11-19(15)29-21(24)23-20(26)18-12-27-16-6-4-5-7-17(16)28-18/h3-9,11,18H,1,10,12H2,2H3,(H,22,25). The third-order valence-corrected chi connectivity index (χ3v) is 5.35. The third-order valence-electron chi connectivity index (χ3n) is 4.30. The number of allylic oxidation sites excluding steroid dienone is 1. The number of rotatable bonds is 4. The van der Waals surface area contributed by atoms with Crippen LogP contribution in [0.4, 0.5) is 5.69 Å². The number of aromatic nitrogens is 1. The highest BCUT2D eigenvalue weighted by Crippen LogP contribution is 2.31. The second-order valence-electron chi connectivity index (χ2n) is 6.46. The number of amides is 2. The number of carbonyl (C=O) groups is 2. The van der Waals surface area contributed by atoms with Crippen LogP contribution in [-0.4, -0.2) is 29.1 Å². The monoisotopic (exact) mass is 409 g/mol. The molecule has 0 saturated heterocycles. The Hall–Kier alpha value is -3.39. The van der Waals surface area contributed by atoms with Crippen molar-refractivity contribution in [2.24, 2.45) is 4.99 Å². The van der Waals surface area contributed by atoms with Gasteiger partial charge in [0, 0.05) is 19.2 Å². The topological polar surface area (TPSA) is 81.9 Å². The molecule has 29 heavy (non-hydrogen) atoms. The van der Waals surface area contributed by atoms with Crippen molar-refractivity contribution < 1.29 is 19.1 Å². The highest BCUT2D eigenvalue weighted by Gasteiger charge is 2.27. The smallest absolute Gasteiger partial charge is 0.292 e. The van der Waals surface area contributed by atoms with Crippen molar-refractivity contribution in [2.45, 2.75) is 19.6 Å². The Balaban J connectivity index is 1.69. The quantitative estimate of drug-likeness (QED) is 0.672. The van der Waals surface area contributed by atoms with E-state index in [1.165, 1.54) is 18.3 Å². The second-order valence-corrected chi connectivity index (χ2v) is 7.47. The Morgan fingerprint density at radius 1 is 1.31 bits per heavy atom. The summed E-state index contributed by atoms with van der Waals surface area (Å²) in [7, 11) is 0. The van der Waals surface area contributed by atoms with Crippen LogP contribution in [0.5, 0.6) is 11.5 Å². The Morgan fingerprint density at radius 2 is 2.10 bits per heavy atom. The largest absolute Gasteiger partial charge is 0.485 e. The zero-order chi connectivity index (χ0) is 20.4. The summed E-state index contributed by atoms with van der Waals surface area (Å²) in [4.78, 5) is 28.9. The number of anilines is 1. The maximum absolute atomic E-state index is 12.8. The summed E-state index contributed by atoms with van der Waals surface area (Å²) in [5, 5.41) is 2.76. The number of para-hydroxylation sites is 2. The predicted molar refractivity (Wildman–Crippen MR) is 111 cm³/mol. The first-order valence-corrected chi connectivity index (χ1v) is 9.86. The maximum Gasteiger partial charge on any atom is 0.292 e. The molecule has 0 bridgehead atoms. The third kappa shape index (κ3) is 3.93. The van der Waals surface area contributed by atoms with Crippen LogP contribution < -0.4 is 19.6 Å². The van der Waals surface area contributed by atoms with Crippen LogP contribution in [0.3, 0.4) is 0 Å². The summed E-state index contributed by atoms with van der Waals surface area (Å²) in [6, 6.07) is 12.8. The zero-order valence-electron chi connectivity index (χ0n) is 15.8. The molecule has 2 aromatic carbocycles. The molecule has 7 nitrogen and oxygen atoms in total. The average molecular weight is 409 g/mol. The molecule has 0 fully saturated rings. The molecule has 148 valence electrons. The summed E-state index contributed by atoms with van der Waals surface area (Å²) in [5.74, 6) is 0.592. The second kappa shape index (κ2) is 7.92. The normalized spacial score (nSPS) is 15.9. The van der Waals surface area contributed by atoms with Crippen LogP contribution in [0.2, 0.25) is 0 Å². The number of nitrogens with zero attached hydrogens (tertiary/aromatic N) is 2. The molecule has 1 aliphatic heterocycles. The minimum absolute atomic E-state index is 0.110. The van der Waals surface area contributed by atoms with E-state index in [0.29, 0.717) is 28.5 Å². The molecule has 8 heteroatoms. The molecular formula is C21H19N3O4S. The van der Waals surface area contributed by atoms with Crippen molar-refractivity contribution >= 4 is 39.1 Å². The summed E-state index contributed by atoms with van der Waals surface area (Å²) in [6.45, 7) is 5.85. The fourth-order valence-corrected chi connectivity index (χ4v) is 4.14. The van der Waals surface area contributed by atoms with Crippen molar-refractivity contribution in [3.63, 3.8) is 0 Å². The molecule has 0 aliphatic carbocycles. The van der Waals surface area contributed by atoms with Gasteiger partial charge in [0.05, 0.1) is 10.2 Å². The molecule has 0 spiro atoms. The van der Waals surface area contributed by atoms with E-state index in [-0.39, 0.29) is 12.5 Å². The lowest BCUT2D eigenvalue weighted by Crippen LogP contribution is -2.36. The highest BCUT2D eigenvalue weighted by molar-refractivity contribution is 7.16. The number of nitrogens with one attached hydrogen (secondary N) is 1. The number of thiazole rings is 1. The van der Waals surface area contributed by atoms with E-state index in [0.717, 1.165) is 10.2 Å². The molecular weight excluding hydrogens is 390 g/mol. The number of hydrogen-bond acceptors (Lipinski definition) is 5. The van der Waals surface area contributed by atoms with Gasteiger partial charge in [-0.3, -0.25) is 9.59 Å². The molecule has 2 heterocycles. The van der Waals surface area contributed by atoms with Gasteiger partial charge in [-0.2, -0.15) is 4.99 Å². The molecule has 0 radical (unpaired) electrons. The molecule has 1 unspecified atom stereocenters. The van der Waals surface area contributed by atoms with Gasteiger partial charge in [-0.1, -0.05) is 29.5 Å². The molecule has 4 rings (SSSR count). The summed E-state index contributed by atoms with van der Waals surface area (Å²) < 4.78 is 14.2. The first-order chi connectivity index (χ1) is 14.0. The van der Waals surface area contributed by atoms with Gasteiger partial charge in [0.15, 0.2) is 16.3 Å². The minimum atomic E-state index is -0.803. The van der Waals surface area contributed by atoms with Crippen LogP contribution in [-0.2, 0) is 16.1 Å². The Kier molecular flexibility index (Phi) is 5.18. The minimum Gasteiger partial charge on any atom is -0.485 e.